The van der Waals surface area contributed by atoms with Gasteiger partial charge in [-0.25, -0.2) is 4.79 Å². The third-order valence-corrected chi connectivity index (χ3v) is 5.29. The molecule has 11 heteroatoms. The summed E-state index contributed by atoms with van der Waals surface area (Å²) >= 11 is 0. The van der Waals surface area contributed by atoms with Crippen LogP contribution < -0.4 is 68.9 Å². The molecule has 0 N–H and O–H groups in total. The first-order chi connectivity index (χ1) is 16.8. The number of hydrogen-bond acceptors (Lipinski definition) is 8. The summed E-state index contributed by atoms with van der Waals surface area (Å²) in [5.74, 6) is 12.5. The van der Waals surface area contributed by atoms with Crippen LogP contribution in [0.25, 0.3) is 0 Å². The zero-order valence-electron chi connectivity index (χ0n) is 22.9. The number of esters is 2. The molecule has 0 saturated carbocycles. The van der Waals surface area contributed by atoms with E-state index in [0.717, 1.165) is 19.3 Å². The van der Waals surface area contributed by atoms with Gasteiger partial charge in [-0.2, -0.15) is 0 Å². The van der Waals surface area contributed by atoms with Crippen molar-refractivity contribution in [2.75, 3.05) is 13.2 Å². The minimum absolute atomic E-state index is 0. The third-order valence-electron chi connectivity index (χ3n) is 4.83. The Labute approximate surface area is 266 Å². The monoisotopic (exact) mass is 554 g/mol. The quantitative estimate of drug-likeness (QED) is 0.0426. The number of phosphoric ester groups is 1. The van der Waals surface area contributed by atoms with Crippen molar-refractivity contribution in [3.8, 4) is 35.5 Å². The average molecular weight is 555 g/mol. The molecule has 37 heavy (non-hydrogen) atoms. The van der Waals surface area contributed by atoms with Crippen molar-refractivity contribution >= 4 is 19.8 Å². The number of rotatable bonds is 19. The van der Waals surface area contributed by atoms with E-state index in [1.54, 1.807) is 6.92 Å². The maximum absolute atomic E-state index is 12.1. The third kappa shape index (κ3) is 31.8. The fourth-order valence-corrected chi connectivity index (χ4v) is 3.41. The number of carbonyl (C=O) groups excluding carboxylic acids is 2. The van der Waals surface area contributed by atoms with Gasteiger partial charge in [-0.3, -0.25) is 4.79 Å². The number of hydrogen-bond donors (Lipinski definition) is 0. The van der Waals surface area contributed by atoms with Gasteiger partial charge in [-0.15, -0.1) is 0 Å². The summed E-state index contributed by atoms with van der Waals surface area (Å²) in [4.78, 5) is 45.2. The minimum atomic E-state index is -5.28. The zero-order chi connectivity index (χ0) is 26.2. The van der Waals surface area contributed by atoms with Crippen LogP contribution in [0.2, 0.25) is 0 Å². The van der Waals surface area contributed by atoms with Crippen molar-refractivity contribution in [1.82, 2.24) is 0 Å². The molecule has 196 valence electrons. The summed E-state index contributed by atoms with van der Waals surface area (Å²) in [6, 6.07) is 0. The van der Waals surface area contributed by atoms with Gasteiger partial charge < -0.3 is 28.3 Å². The second-order valence-electron chi connectivity index (χ2n) is 7.97. The molecule has 0 aromatic carbocycles. The molecule has 0 aliphatic heterocycles. The van der Waals surface area contributed by atoms with Crippen LogP contribution in [0, 0.1) is 35.5 Å². The first-order valence-corrected chi connectivity index (χ1v) is 13.7. The van der Waals surface area contributed by atoms with Crippen LogP contribution >= 0.6 is 7.82 Å². The maximum Gasteiger partial charge on any atom is 1.00 e. The fourth-order valence-electron chi connectivity index (χ4n) is 3.06. The summed E-state index contributed by atoms with van der Waals surface area (Å²) in [6.45, 7) is 2.55. The average Bonchev–Trinajstić information content (AvgIpc) is 2.80. The molecule has 0 fully saturated rings. The van der Waals surface area contributed by atoms with E-state index in [4.69, 9.17) is 9.47 Å². The zero-order valence-corrected chi connectivity index (χ0v) is 27.8. The van der Waals surface area contributed by atoms with Crippen molar-refractivity contribution in [2.24, 2.45) is 0 Å². The molecule has 1 atom stereocenters. The molecule has 0 radical (unpaired) electrons. The van der Waals surface area contributed by atoms with Crippen molar-refractivity contribution in [1.29, 1.82) is 0 Å². The molecule has 0 spiro atoms. The van der Waals surface area contributed by atoms with Gasteiger partial charge in [0.25, 0.3) is 0 Å². The van der Waals surface area contributed by atoms with Gasteiger partial charge >= 0.3 is 71.1 Å². The van der Waals surface area contributed by atoms with Gasteiger partial charge in [0.1, 0.15) is 6.61 Å². The van der Waals surface area contributed by atoms with E-state index in [0.29, 0.717) is 6.42 Å². The summed E-state index contributed by atoms with van der Waals surface area (Å²) < 4.78 is 24.9. The largest absolute Gasteiger partial charge is 1.00 e. The van der Waals surface area contributed by atoms with Gasteiger partial charge in [0.05, 0.1) is 14.4 Å². The predicted octanol–water partition coefficient (Wildman–Crippen LogP) is -2.58. The van der Waals surface area contributed by atoms with Crippen molar-refractivity contribution < 1.29 is 97.1 Å². The molecule has 0 saturated heterocycles. The Hall–Kier alpha value is -0.270. The summed E-state index contributed by atoms with van der Waals surface area (Å²) in [5.41, 5.74) is 0. The second kappa shape index (κ2) is 28.7. The molecule has 0 unspecified atom stereocenters. The first-order valence-electron chi connectivity index (χ1n) is 12.2. The molecule has 0 aromatic rings. The molecule has 0 aliphatic rings. The van der Waals surface area contributed by atoms with Crippen molar-refractivity contribution in [2.45, 2.75) is 103 Å². The smallest absolute Gasteiger partial charge is 0.790 e. The van der Waals surface area contributed by atoms with Crippen LogP contribution in [-0.4, -0.2) is 31.3 Å². The molecule has 0 aliphatic carbocycles. The van der Waals surface area contributed by atoms with Gasteiger partial charge in [-0.1, -0.05) is 83.5 Å². The van der Waals surface area contributed by atoms with E-state index >= 15 is 0 Å². The van der Waals surface area contributed by atoms with Crippen LogP contribution in [0.3, 0.4) is 0 Å². The van der Waals surface area contributed by atoms with Gasteiger partial charge in [0.15, 0.2) is 6.10 Å². The topological polar surface area (TPSA) is 125 Å². The van der Waals surface area contributed by atoms with Crippen LogP contribution in [0.1, 0.15) is 97.3 Å². The second-order valence-corrected chi connectivity index (χ2v) is 9.12. The van der Waals surface area contributed by atoms with Crippen molar-refractivity contribution in [3.05, 3.63) is 0 Å². The Kier molecular flexibility index (Phi) is 32.0. The van der Waals surface area contributed by atoms with Gasteiger partial charge in [0.2, 0.25) is 0 Å². The molecular formula is C26H37Na2O8P. The summed E-state index contributed by atoms with van der Waals surface area (Å²) in [7, 11) is -5.28. The van der Waals surface area contributed by atoms with Gasteiger partial charge in [0, 0.05) is 12.3 Å². The van der Waals surface area contributed by atoms with E-state index in [1.165, 1.54) is 51.4 Å². The number of phosphoric acid groups is 1. The Morgan fingerprint density at radius 1 is 0.784 bits per heavy atom. The Balaban J connectivity index is -0.00000578. The van der Waals surface area contributed by atoms with E-state index < -0.39 is 39.1 Å². The number of carbonyl (C=O) groups is 2. The Morgan fingerprint density at radius 2 is 1.30 bits per heavy atom. The summed E-state index contributed by atoms with van der Waals surface area (Å²) in [6.07, 6.45) is 12.7. The normalized spacial score (nSPS) is 10.5. The van der Waals surface area contributed by atoms with Crippen LogP contribution in [0.5, 0.6) is 0 Å². The van der Waals surface area contributed by atoms with E-state index in [2.05, 4.69) is 47.0 Å². The molecule has 0 heterocycles. The maximum atomic E-state index is 12.1. The molecule has 0 bridgehead atoms. The number of unbranched alkanes of at least 4 members (excludes halogenated alkanes) is 11. The molecule has 8 nitrogen and oxygen atoms in total. The standard InChI is InChI=1S/C26H39O8P.2Na/c1-3-5-7-9-10-11-12-13-14-15-17-19-21-26(28)34-24(23-33-35(29,30)31)22-32-25(27)20-18-16-8-6-4-2;;/h24H,3,5,7,9-15,17,19,21-23H2,1-2H3,(H2,29,30,31);;/q;2*+1/p-2/t24-;;/m1../s1. The minimum Gasteiger partial charge on any atom is -0.790 e. The van der Waals surface area contributed by atoms with E-state index in [1.807, 2.05) is 0 Å². The SMILES string of the molecule is CC#CC#CC#CC(=O)OC[C@H](COP(=O)([O-])[O-])OC(=O)CCCCCCCCCCCCCC.[Na+].[Na+]. The molecule has 0 rings (SSSR count). The Morgan fingerprint density at radius 3 is 1.81 bits per heavy atom. The van der Waals surface area contributed by atoms with Crippen LogP contribution in [-0.2, 0) is 28.2 Å². The van der Waals surface area contributed by atoms with E-state index in [9.17, 15) is 23.9 Å². The molecule has 0 amide bonds. The number of ether oxygens (including phenoxy) is 2. The molecular weight excluding hydrogens is 517 g/mol. The first kappa shape index (κ1) is 41.2. The predicted molar refractivity (Wildman–Crippen MR) is 129 cm³/mol. The fraction of sp³-hybridized carbons (Fsp3) is 0.692. The van der Waals surface area contributed by atoms with Crippen LogP contribution in [0.4, 0.5) is 0 Å². The van der Waals surface area contributed by atoms with Gasteiger partial charge in [-0.05, 0) is 37.0 Å². The van der Waals surface area contributed by atoms with E-state index in [-0.39, 0.29) is 65.5 Å². The Bertz CT molecular complexity index is 840. The summed E-state index contributed by atoms with van der Waals surface area (Å²) in [5, 5.41) is 0. The van der Waals surface area contributed by atoms with Crippen molar-refractivity contribution in [3.63, 3.8) is 0 Å². The van der Waals surface area contributed by atoms with Crippen LogP contribution in [0.15, 0.2) is 0 Å². The molecule has 0 aromatic heterocycles.